The van der Waals surface area contributed by atoms with Gasteiger partial charge in [0.05, 0.1) is 11.3 Å². The van der Waals surface area contributed by atoms with E-state index in [1.165, 1.54) is 10.6 Å². The molecule has 41 heavy (non-hydrogen) atoms. The van der Waals surface area contributed by atoms with Crippen LogP contribution in [0, 0.1) is 0 Å². The number of pyridine rings is 2. The maximum Gasteiger partial charge on any atom is 0.416 e. The van der Waals surface area contributed by atoms with E-state index in [2.05, 4.69) is 28.3 Å². The van der Waals surface area contributed by atoms with Crippen LogP contribution in [0.5, 0.6) is 0 Å². The largest absolute Gasteiger partial charge is 0.416 e. The molecule has 1 N–H and O–H groups in total. The minimum atomic E-state index is -4.51. The average Bonchev–Trinajstić information content (AvgIpc) is 3.61. The van der Waals surface area contributed by atoms with E-state index >= 15 is 0 Å². The fourth-order valence-electron chi connectivity index (χ4n) is 5.12. The number of alkyl halides is 3. The van der Waals surface area contributed by atoms with Crippen molar-refractivity contribution in [1.29, 1.82) is 0 Å². The summed E-state index contributed by atoms with van der Waals surface area (Å²) in [6.45, 7) is 3.23. The number of benzene rings is 1. The molecule has 1 atom stereocenters. The Kier molecular flexibility index (Phi) is 8.52. The summed E-state index contributed by atoms with van der Waals surface area (Å²) in [6.07, 6.45) is 8.23. The first-order valence-electron chi connectivity index (χ1n) is 13.8. The molecule has 4 heterocycles. The molecule has 0 aliphatic carbocycles. The number of aromatic nitrogens is 3. The summed E-state index contributed by atoms with van der Waals surface area (Å²) < 4.78 is 41.7. The number of rotatable bonds is 9. The predicted molar refractivity (Wildman–Crippen MR) is 154 cm³/mol. The van der Waals surface area contributed by atoms with E-state index in [4.69, 9.17) is 0 Å². The van der Waals surface area contributed by atoms with Gasteiger partial charge < -0.3 is 10.2 Å². The monoisotopic (exact) mass is 559 g/mol. The van der Waals surface area contributed by atoms with Gasteiger partial charge in [0.1, 0.15) is 17.0 Å². The molecule has 1 amide bonds. The molecule has 1 saturated heterocycles. The van der Waals surface area contributed by atoms with Crippen molar-refractivity contribution in [3.05, 3.63) is 108 Å². The van der Waals surface area contributed by atoms with Crippen LogP contribution in [0.1, 0.15) is 54.4 Å². The highest BCUT2D eigenvalue weighted by molar-refractivity contribution is 6.00. The number of amides is 1. The smallest absolute Gasteiger partial charge is 0.389 e. The van der Waals surface area contributed by atoms with Crippen molar-refractivity contribution >= 4 is 17.1 Å². The molecule has 4 aromatic rings. The van der Waals surface area contributed by atoms with Gasteiger partial charge in [-0.1, -0.05) is 55.8 Å². The third kappa shape index (κ3) is 6.34. The van der Waals surface area contributed by atoms with Gasteiger partial charge in [0.15, 0.2) is 0 Å². The summed E-state index contributed by atoms with van der Waals surface area (Å²) in [5.41, 5.74) is 2.51. The van der Waals surface area contributed by atoms with Gasteiger partial charge in [-0.3, -0.25) is 14.2 Å². The number of unbranched alkanes of at least 4 members (excludes halogenated alkanes) is 1. The van der Waals surface area contributed by atoms with Crippen molar-refractivity contribution in [3.8, 4) is 11.3 Å². The maximum absolute atomic E-state index is 14.0. The zero-order valence-corrected chi connectivity index (χ0v) is 22.8. The molecule has 6 nitrogen and oxygen atoms in total. The van der Waals surface area contributed by atoms with Crippen LogP contribution in [-0.2, 0) is 6.18 Å². The SMILES string of the molecule is CCC/C=C(/C=C\NC[C@@H]1CCCN1C(=O)c1c(-c2ccccc2)nc2cc(C(F)(F)F)ccn12)c1ccccn1. The van der Waals surface area contributed by atoms with Crippen molar-refractivity contribution in [1.82, 2.24) is 24.6 Å². The number of fused-ring (bicyclic) bond motifs is 1. The lowest BCUT2D eigenvalue weighted by Gasteiger charge is -2.25. The molecule has 0 saturated carbocycles. The first-order valence-corrected chi connectivity index (χ1v) is 13.8. The summed E-state index contributed by atoms with van der Waals surface area (Å²) in [6, 6.07) is 16.8. The second-order valence-corrected chi connectivity index (χ2v) is 10.0. The van der Waals surface area contributed by atoms with Crippen LogP contribution in [0.25, 0.3) is 22.5 Å². The zero-order valence-electron chi connectivity index (χ0n) is 22.8. The Morgan fingerprint density at radius 3 is 2.66 bits per heavy atom. The Balaban J connectivity index is 1.39. The van der Waals surface area contributed by atoms with Crippen LogP contribution >= 0.6 is 0 Å². The van der Waals surface area contributed by atoms with Crippen molar-refractivity contribution in [2.75, 3.05) is 13.1 Å². The summed E-state index contributed by atoms with van der Waals surface area (Å²) in [5, 5.41) is 3.35. The van der Waals surface area contributed by atoms with E-state index in [0.717, 1.165) is 49.1 Å². The number of imidazole rings is 1. The Morgan fingerprint density at radius 2 is 1.93 bits per heavy atom. The van der Waals surface area contributed by atoms with E-state index < -0.39 is 11.7 Å². The fourth-order valence-corrected chi connectivity index (χ4v) is 5.12. The first-order chi connectivity index (χ1) is 19.9. The highest BCUT2D eigenvalue weighted by atomic mass is 19.4. The van der Waals surface area contributed by atoms with Crippen LogP contribution < -0.4 is 5.32 Å². The summed E-state index contributed by atoms with van der Waals surface area (Å²) in [7, 11) is 0. The number of carbonyl (C=O) groups excluding carboxylic acids is 1. The molecule has 9 heteroatoms. The molecule has 0 unspecified atom stereocenters. The van der Waals surface area contributed by atoms with Crippen molar-refractivity contribution in [3.63, 3.8) is 0 Å². The number of hydrogen-bond donors (Lipinski definition) is 1. The van der Waals surface area contributed by atoms with Crippen molar-refractivity contribution < 1.29 is 18.0 Å². The van der Waals surface area contributed by atoms with E-state index in [-0.39, 0.29) is 23.3 Å². The van der Waals surface area contributed by atoms with E-state index in [1.807, 2.05) is 60.8 Å². The Hall–Kier alpha value is -4.40. The third-order valence-corrected chi connectivity index (χ3v) is 7.19. The number of nitrogens with one attached hydrogen (secondary N) is 1. The lowest BCUT2D eigenvalue weighted by molar-refractivity contribution is -0.137. The van der Waals surface area contributed by atoms with Gasteiger partial charge >= 0.3 is 6.18 Å². The van der Waals surface area contributed by atoms with Gasteiger partial charge in [0.25, 0.3) is 5.91 Å². The zero-order chi connectivity index (χ0) is 28.8. The van der Waals surface area contributed by atoms with E-state index in [1.54, 1.807) is 11.1 Å². The lowest BCUT2D eigenvalue weighted by atomic mass is 10.1. The van der Waals surface area contributed by atoms with Crippen LogP contribution in [0.3, 0.4) is 0 Å². The molecule has 5 rings (SSSR count). The van der Waals surface area contributed by atoms with Gasteiger partial charge in [0, 0.05) is 37.1 Å². The third-order valence-electron chi connectivity index (χ3n) is 7.19. The van der Waals surface area contributed by atoms with E-state index in [0.29, 0.717) is 24.3 Å². The standard InChI is InChI=1S/C32H32F3N5O/c1-2-3-10-23(27-14-7-8-17-37-27)15-18-36-22-26-13-9-19-39(26)31(41)30-29(24-11-5-4-6-12-24)38-28-21-25(32(33,34)35)16-20-40(28)30/h4-8,10-12,14-18,20-21,26,36H,2-3,9,13,19,22H2,1H3/b18-15-,23-10-/t26-/m0/s1. The topological polar surface area (TPSA) is 62.5 Å². The van der Waals surface area contributed by atoms with Gasteiger partial charge in [-0.15, -0.1) is 0 Å². The summed E-state index contributed by atoms with van der Waals surface area (Å²) >= 11 is 0. The molecule has 0 radical (unpaired) electrons. The first kappa shape index (κ1) is 28.1. The number of nitrogens with zero attached hydrogens (tertiary/aromatic N) is 4. The highest BCUT2D eigenvalue weighted by Gasteiger charge is 2.35. The van der Waals surface area contributed by atoms with Crippen LogP contribution in [-0.4, -0.2) is 44.3 Å². The molecule has 212 valence electrons. The van der Waals surface area contributed by atoms with E-state index in [9.17, 15) is 18.0 Å². The number of likely N-dealkylation sites (tertiary alicyclic amines) is 1. The number of carbonyl (C=O) groups is 1. The fraction of sp³-hybridized carbons (Fsp3) is 0.281. The quantitative estimate of drug-likeness (QED) is 0.224. The minimum absolute atomic E-state index is 0.0753. The predicted octanol–water partition coefficient (Wildman–Crippen LogP) is 7.01. The molecule has 1 aromatic carbocycles. The number of hydrogen-bond acceptors (Lipinski definition) is 4. The van der Waals surface area contributed by atoms with Gasteiger partial charge in [-0.05, 0) is 61.4 Å². The Bertz CT molecular complexity index is 1540. The molecule has 1 fully saturated rings. The number of allylic oxidation sites excluding steroid dienone is 3. The van der Waals surface area contributed by atoms with Gasteiger partial charge in [0.2, 0.25) is 0 Å². The van der Waals surface area contributed by atoms with Crippen LogP contribution in [0.4, 0.5) is 13.2 Å². The average molecular weight is 560 g/mol. The van der Waals surface area contributed by atoms with Gasteiger partial charge in [-0.25, -0.2) is 4.98 Å². The normalized spacial score (nSPS) is 16.1. The molecule has 3 aromatic heterocycles. The minimum Gasteiger partial charge on any atom is -0.389 e. The second kappa shape index (κ2) is 12.4. The Labute approximate surface area is 237 Å². The highest BCUT2D eigenvalue weighted by Crippen LogP contribution is 2.33. The lowest BCUT2D eigenvalue weighted by Crippen LogP contribution is -2.41. The van der Waals surface area contributed by atoms with Crippen LogP contribution in [0.2, 0.25) is 0 Å². The maximum atomic E-state index is 14.0. The van der Waals surface area contributed by atoms with Crippen molar-refractivity contribution in [2.24, 2.45) is 0 Å². The molecular formula is C32H32F3N5O. The molecule has 0 bridgehead atoms. The second-order valence-electron chi connectivity index (χ2n) is 10.0. The molecule has 1 aliphatic heterocycles. The molecular weight excluding hydrogens is 527 g/mol. The summed E-state index contributed by atoms with van der Waals surface area (Å²) in [5.74, 6) is -0.249. The van der Waals surface area contributed by atoms with Crippen molar-refractivity contribution in [2.45, 2.75) is 44.8 Å². The van der Waals surface area contributed by atoms with Crippen LogP contribution in [0.15, 0.2) is 91.4 Å². The number of halogens is 3. The molecule has 0 spiro atoms. The Morgan fingerprint density at radius 1 is 1.12 bits per heavy atom. The summed E-state index contributed by atoms with van der Waals surface area (Å²) in [4.78, 5) is 24.8. The molecule has 1 aliphatic rings. The van der Waals surface area contributed by atoms with Gasteiger partial charge in [-0.2, -0.15) is 13.2 Å².